The molecule has 0 aliphatic carbocycles. The second-order valence-corrected chi connectivity index (χ2v) is 4.28. The van der Waals surface area contributed by atoms with E-state index < -0.39 is 23.6 Å². The van der Waals surface area contributed by atoms with Gasteiger partial charge in [-0.3, -0.25) is 4.79 Å². The Morgan fingerprint density at radius 1 is 1.29 bits per heavy atom. The highest BCUT2D eigenvalue weighted by Gasteiger charge is 2.46. The molecule has 0 fully saturated rings. The van der Waals surface area contributed by atoms with Gasteiger partial charge < -0.3 is 10.1 Å². The van der Waals surface area contributed by atoms with Crippen molar-refractivity contribution < 1.29 is 27.5 Å². The number of alkyl halides is 3. The van der Waals surface area contributed by atoms with E-state index in [1.54, 1.807) is 35.6 Å². The molecule has 0 bridgehead atoms. The Morgan fingerprint density at radius 3 is 2.29 bits per heavy atom. The van der Waals surface area contributed by atoms with E-state index in [0.29, 0.717) is 5.56 Å². The predicted octanol–water partition coefficient (Wildman–Crippen LogP) is 2.01. The van der Waals surface area contributed by atoms with Crippen molar-refractivity contribution in [3.05, 3.63) is 48.6 Å². The molecular weight excluding hydrogens is 287 g/mol. The number of nitrogens with one attached hydrogen (secondary N) is 1. The quantitative estimate of drug-likeness (QED) is 0.668. The van der Waals surface area contributed by atoms with Crippen molar-refractivity contribution in [1.29, 1.82) is 0 Å². The van der Waals surface area contributed by atoms with E-state index in [0.717, 1.165) is 13.2 Å². The lowest BCUT2D eigenvalue weighted by molar-refractivity contribution is -0.177. The van der Waals surface area contributed by atoms with Gasteiger partial charge in [0.2, 0.25) is 0 Å². The number of carbonyl (C=O) groups excluding carboxylic acids is 2. The van der Waals surface area contributed by atoms with Gasteiger partial charge in [0, 0.05) is 6.42 Å². The van der Waals surface area contributed by atoms with Crippen LogP contribution in [0.25, 0.3) is 0 Å². The van der Waals surface area contributed by atoms with Crippen LogP contribution in [-0.2, 0) is 20.7 Å². The summed E-state index contributed by atoms with van der Waals surface area (Å²) in [6, 6.07) is 8.26. The lowest BCUT2D eigenvalue weighted by Gasteiger charge is -2.29. The van der Waals surface area contributed by atoms with E-state index in [9.17, 15) is 22.8 Å². The van der Waals surface area contributed by atoms with Crippen LogP contribution >= 0.6 is 0 Å². The first-order chi connectivity index (χ1) is 9.75. The number of carbonyl (C=O) groups is 2. The van der Waals surface area contributed by atoms with E-state index in [1.807, 2.05) is 0 Å². The molecule has 1 N–H and O–H groups in total. The van der Waals surface area contributed by atoms with Gasteiger partial charge in [0.15, 0.2) is 5.54 Å². The Morgan fingerprint density at radius 2 is 1.86 bits per heavy atom. The summed E-state index contributed by atoms with van der Waals surface area (Å²) in [4.78, 5) is 23.0. The first kappa shape index (κ1) is 16.7. The third-order valence-electron chi connectivity index (χ3n) is 2.82. The van der Waals surface area contributed by atoms with Crippen molar-refractivity contribution in [3.8, 4) is 0 Å². The second-order valence-electron chi connectivity index (χ2n) is 4.28. The standard InChI is InChI=1S/C14H14F3NO3/c1-3-13(12(20)21-2,18-11(19)14(15,16)17)9-10-7-5-4-6-8-10/h3-8H,1,9H2,2H3,(H,18,19). The molecule has 0 radical (unpaired) electrons. The average molecular weight is 301 g/mol. The minimum absolute atomic E-state index is 0.203. The predicted molar refractivity (Wildman–Crippen MR) is 69.3 cm³/mol. The summed E-state index contributed by atoms with van der Waals surface area (Å²) in [5.74, 6) is -3.26. The van der Waals surface area contributed by atoms with Gasteiger partial charge in [-0.05, 0) is 5.56 Å². The van der Waals surface area contributed by atoms with Gasteiger partial charge in [-0.2, -0.15) is 13.2 Å². The van der Waals surface area contributed by atoms with Crippen molar-refractivity contribution in [2.75, 3.05) is 7.11 Å². The molecule has 7 heteroatoms. The van der Waals surface area contributed by atoms with Crippen LogP contribution in [-0.4, -0.2) is 30.7 Å². The number of hydrogen-bond donors (Lipinski definition) is 1. The van der Waals surface area contributed by atoms with Crippen LogP contribution in [0.15, 0.2) is 43.0 Å². The highest BCUT2D eigenvalue weighted by molar-refractivity contribution is 5.92. The molecule has 1 amide bonds. The fourth-order valence-corrected chi connectivity index (χ4v) is 1.75. The smallest absolute Gasteiger partial charge is 0.467 e. The molecule has 0 saturated carbocycles. The fraction of sp³-hybridized carbons (Fsp3) is 0.286. The Balaban J connectivity index is 3.13. The number of amides is 1. The molecule has 0 aliphatic rings. The molecule has 0 aromatic heterocycles. The summed E-state index contributed by atoms with van der Waals surface area (Å²) in [7, 11) is 1.02. The minimum atomic E-state index is -5.11. The summed E-state index contributed by atoms with van der Waals surface area (Å²) in [6.45, 7) is 3.35. The lowest BCUT2D eigenvalue weighted by Crippen LogP contribution is -2.58. The van der Waals surface area contributed by atoms with Gasteiger partial charge in [-0.1, -0.05) is 36.4 Å². The van der Waals surface area contributed by atoms with E-state index in [4.69, 9.17) is 0 Å². The highest BCUT2D eigenvalue weighted by atomic mass is 19.4. The van der Waals surface area contributed by atoms with E-state index in [1.165, 1.54) is 0 Å². The van der Waals surface area contributed by atoms with Crippen molar-refractivity contribution >= 4 is 11.9 Å². The molecule has 0 saturated heterocycles. The number of esters is 1. The zero-order valence-electron chi connectivity index (χ0n) is 11.2. The van der Waals surface area contributed by atoms with Gasteiger partial charge in [0.1, 0.15) is 0 Å². The molecule has 1 rings (SSSR count). The van der Waals surface area contributed by atoms with Gasteiger partial charge in [0.05, 0.1) is 7.11 Å². The van der Waals surface area contributed by atoms with Gasteiger partial charge in [-0.15, -0.1) is 6.58 Å². The van der Waals surface area contributed by atoms with Crippen molar-refractivity contribution in [2.24, 2.45) is 0 Å². The normalized spacial score (nSPS) is 13.9. The third-order valence-corrected chi connectivity index (χ3v) is 2.82. The van der Waals surface area contributed by atoms with Crippen LogP contribution in [0, 0.1) is 0 Å². The average Bonchev–Trinajstić information content (AvgIpc) is 2.45. The lowest BCUT2D eigenvalue weighted by atomic mass is 9.90. The fourth-order valence-electron chi connectivity index (χ4n) is 1.75. The number of ether oxygens (including phenoxy) is 1. The van der Waals surface area contributed by atoms with Crippen LogP contribution in [0.2, 0.25) is 0 Å². The van der Waals surface area contributed by atoms with Gasteiger partial charge >= 0.3 is 18.1 Å². The summed E-state index contributed by atoms with van der Waals surface area (Å²) >= 11 is 0. The van der Waals surface area contributed by atoms with Gasteiger partial charge in [-0.25, -0.2) is 4.79 Å². The van der Waals surface area contributed by atoms with Crippen LogP contribution in [0.5, 0.6) is 0 Å². The molecule has 4 nitrogen and oxygen atoms in total. The van der Waals surface area contributed by atoms with E-state index >= 15 is 0 Å². The Kier molecular flexibility index (Phi) is 5.12. The molecule has 114 valence electrons. The van der Waals surface area contributed by atoms with Crippen LogP contribution in [0.4, 0.5) is 13.2 Å². The Hall–Kier alpha value is -2.31. The van der Waals surface area contributed by atoms with Crippen LogP contribution < -0.4 is 5.32 Å². The van der Waals surface area contributed by atoms with Crippen molar-refractivity contribution in [3.63, 3.8) is 0 Å². The summed E-state index contributed by atoms with van der Waals surface area (Å²) in [5.41, 5.74) is -1.44. The molecule has 1 atom stereocenters. The van der Waals surface area contributed by atoms with Gasteiger partial charge in [0.25, 0.3) is 0 Å². The zero-order chi connectivity index (χ0) is 16.1. The zero-order valence-corrected chi connectivity index (χ0v) is 11.2. The molecular formula is C14H14F3NO3. The molecule has 1 aromatic rings. The van der Waals surface area contributed by atoms with Crippen molar-refractivity contribution in [2.45, 2.75) is 18.1 Å². The SMILES string of the molecule is C=CC(Cc1ccccc1)(NC(=O)C(F)(F)F)C(=O)OC. The number of benzene rings is 1. The van der Waals surface area contributed by atoms with Crippen LogP contribution in [0.3, 0.4) is 0 Å². The molecule has 21 heavy (non-hydrogen) atoms. The number of halogens is 3. The van der Waals surface area contributed by atoms with Crippen molar-refractivity contribution in [1.82, 2.24) is 5.32 Å². The van der Waals surface area contributed by atoms with E-state index in [2.05, 4.69) is 11.3 Å². The second kappa shape index (κ2) is 6.43. The maximum Gasteiger partial charge on any atom is 0.471 e. The topological polar surface area (TPSA) is 55.4 Å². The monoisotopic (exact) mass is 301 g/mol. The number of methoxy groups -OCH3 is 1. The number of rotatable bonds is 5. The number of hydrogen-bond acceptors (Lipinski definition) is 3. The summed E-state index contributed by atoms with van der Waals surface area (Å²) in [5, 5.41) is 1.66. The summed E-state index contributed by atoms with van der Waals surface area (Å²) < 4.78 is 41.8. The highest BCUT2D eigenvalue weighted by Crippen LogP contribution is 2.21. The molecule has 0 spiro atoms. The van der Waals surface area contributed by atoms with Crippen LogP contribution in [0.1, 0.15) is 5.56 Å². The molecule has 0 heterocycles. The maximum absolute atomic E-state index is 12.4. The molecule has 1 unspecified atom stereocenters. The largest absolute Gasteiger partial charge is 0.471 e. The minimum Gasteiger partial charge on any atom is -0.467 e. The Labute approximate surface area is 119 Å². The van der Waals surface area contributed by atoms with E-state index in [-0.39, 0.29) is 6.42 Å². The summed E-state index contributed by atoms with van der Waals surface area (Å²) in [6.07, 6.45) is -4.37. The maximum atomic E-state index is 12.4. The third kappa shape index (κ3) is 4.08. The first-order valence-corrected chi connectivity index (χ1v) is 5.90. The first-order valence-electron chi connectivity index (χ1n) is 5.90. The molecule has 0 aliphatic heterocycles. The Bertz CT molecular complexity index is 528. The molecule has 1 aromatic carbocycles.